The van der Waals surface area contributed by atoms with Crippen LogP contribution in [0.1, 0.15) is 66.8 Å². The van der Waals surface area contributed by atoms with Gasteiger partial charge in [-0.3, -0.25) is 9.59 Å². The molecule has 0 bridgehead atoms. The Hall–Kier alpha value is -2.62. The number of amides is 2. The second-order valence-corrected chi connectivity index (χ2v) is 8.80. The molecule has 0 spiro atoms. The third-order valence-electron chi connectivity index (χ3n) is 5.45. The van der Waals surface area contributed by atoms with Crippen LogP contribution < -0.4 is 5.32 Å². The standard InChI is InChI=1S/C24H30N2O2/c1-17-13-15-26(16-14-17)23(28)19-11-9-18(10-12-19)22(27)25-21-8-6-5-7-20(21)24(2,3)4/h5-12,17H,13-16H2,1-4H3,(H,25,27). The molecule has 0 unspecified atom stereocenters. The van der Waals surface area contributed by atoms with E-state index in [0.29, 0.717) is 17.0 Å². The van der Waals surface area contributed by atoms with E-state index in [-0.39, 0.29) is 17.2 Å². The minimum absolute atomic E-state index is 0.0527. The van der Waals surface area contributed by atoms with E-state index in [0.717, 1.165) is 37.2 Å². The molecule has 0 atom stereocenters. The molecule has 1 aliphatic heterocycles. The normalized spacial score (nSPS) is 15.4. The van der Waals surface area contributed by atoms with Gasteiger partial charge in [-0.25, -0.2) is 0 Å². The van der Waals surface area contributed by atoms with Gasteiger partial charge in [-0.2, -0.15) is 0 Å². The number of anilines is 1. The van der Waals surface area contributed by atoms with Gasteiger partial charge in [0.15, 0.2) is 0 Å². The lowest BCUT2D eigenvalue weighted by Gasteiger charge is -2.30. The Kier molecular flexibility index (Phi) is 5.87. The van der Waals surface area contributed by atoms with Crippen LogP contribution in [0.3, 0.4) is 0 Å². The second kappa shape index (κ2) is 8.17. The average molecular weight is 379 g/mol. The number of hydrogen-bond donors (Lipinski definition) is 1. The first kappa shape index (κ1) is 20.1. The maximum atomic E-state index is 12.7. The predicted octanol–water partition coefficient (Wildman–Crippen LogP) is 5.11. The van der Waals surface area contributed by atoms with Gasteiger partial charge in [0.2, 0.25) is 0 Å². The van der Waals surface area contributed by atoms with Gasteiger partial charge in [0.1, 0.15) is 0 Å². The first-order valence-electron chi connectivity index (χ1n) is 10.1. The summed E-state index contributed by atoms with van der Waals surface area (Å²) in [6, 6.07) is 14.8. The molecule has 1 fully saturated rings. The summed E-state index contributed by atoms with van der Waals surface area (Å²) in [7, 11) is 0. The van der Waals surface area contributed by atoms with Crippen LogP contribution in [0.2, 0.25) is 0 Å². The largest absolute Gasteiger partial charge is 0.339 e. The molecule has 1 N–H and O–H groups in total. The number of rotatable bonds is 3. The molecule has 4 nitrogen and oxygen atoms in total. The molecule has 2 aromatic rings. The van der Waals surface area contributed by atoms with Crippen LogP contribution in [-0.2, 0) is 5.41 Å². The van der Waals surface area contributed by atoms with Gasteiger partial charge in [0, 0.05) is 29.9 Å². The highest BCUT2D eigenvalue weighted by molar-refractivity contribution is 6.05. The average Bonchev–Trinajstić information content (AvgIpc) is 2.68. The van der Waals surface area contributed by atoms with Crippen LogP contribution in [0, 0.1) is 5.92 Å². The van der Waals surface area contributed by atoms with E-state index in [4.69, 9.17) is 0 Å². The van der Waals surface area contributed by atoms with Crippen LogP contribution in [0.4, 0.5) is 5.69 Å². The maximum Gasteiger partial charge on any atom is 0.255 e. The fourth-order valence-corrected chi connectivity index (χ4v) is 3.60. The van der Waals surface area contributed by atoms with E-state index in [9.17, 15) is 9.59 Å². The lowest BCUT2D eigenvalue weighted by atomic mass is 9.86. The maximum absolute atomic E-state index is 12.7. The van der Waals surface area contributed by atoms with E-state index < -0.39 is 0 Å². The van der Waals surface area contributed by atoms with E-state index in [2.05, 4.69) is 33.0 Å². The van der Waals surface area contributed by atoms with Crippen molar-refractivity contribution in [3.63, 3.8) is 0 Å². The highest BCUT2D eigenvalue weighted by Gasteiger charge is 2.22. The number of nitrogens with zero attached hydrogens (tertiary/aromatic N) is 1. The zero-order valence-corrected chi connectivity index (χ0v) is 17.3. The van der Waals surface area contributed by atoms with Gasteiger partial charge < -0.3 is 10.2 Å². The molecular formula is C24H30N2O2. The molecule has 2 aromatic carbocycles. The van der Waals surface area contributed by atoms with Crippen molar-refractivity contribution in [2.24, 2.45) is 5.92 Å². The Morgan fingerprint density at radius 2 is 1.50 bits per heavy atom. The molecule has 0 radical (unpaired) electrons. The molecular weight excluding hydrogens is 348 g/mol. The molecule has 0 aliphatic carbocycles. The van der Waals surface area contributed by atoms with Gasteiger partial charge in [0.05, 0.1) is 0 Å². The Balaban J connectivity index is 1.70. The quantitative estimate of drug-likeness (QED) is 0.807. The summed E-state index contributed by atoms with van der Waals surface area (Å²) >= 11 is 0. The topological polar surface area (TPSA) is 49.4 Å². The van der Waals surface area contributed by atoms with Crippen molar-refractivity contribution in [2.75, 3.05) is 18.4 Å². The van der Waals surface area contributed by atoms with E-state index in [1.807, 2.05) is 29.2 Å². The van der Waals surface area contributed by atoms with Crippen molar-refractivity contribution in [3.8, 4) is 0 Å². The molecule has 1 saturated heterocycles. The van der Waals surface area contributed by atoms with Crippen LogP contribution in [-0.4, -0.2) is 29.8 Å². The molecule has 148 valence electrons. The number of nitrogens with one attached hydrogen (secondary N) is 1. The van der Waals surface area contributed by atoms with E-state index >= 15 is 0 Å². The molecule has 2 amide bonds. The summed E-state index contributed by atoms with van der Waals surface area (Å²) in [4.78, 5) is 27.3. The lowest BCUT2D eigenvalue weighted by molar-refractivity contribution is 0.0697. The third kappa shape index (κ3) is 4.61. The number of hydrogen-bond acceptors (Lipinski definition) is 2. The van der Waals surface area contributed by atoms with Gasteiger partial charge in [0.25, 0.3) is 11.8 Å². The van der Waals surface area contributed by atoms with E-state index in [1.165, 1.54) is 0 Å². The van der Waals surface area contributed by atoms with Crippen LogP contribution in [0.25, 0.3) is 0 Å². The number of likely N-dealkylation sites (tertiary alicyclic amines) is 1. The summed E-state index contributed by atoms with van der Waals surface area (Å²) in [5.74, 6) is 0.575. The predicted molar refractivity (Wildman–Crippen MR) is 114 cm³/mol. The van der Waals surface area contributed by atoms with Crippen molar-refractivity contribution in [1.29, 1.82) is 0 Å². The summed E-state index contributed by atoms with van der Waals surface area (Å²) < 4.78 is 0. The number of carbonyl (C=O) groups excluding carboxylic acids is 2. The minimum Gasteiger partial charge on any atom is -0.339 e. The molecule has 1 heterocycles. The van der Waals surface area contributed by atoms with Gasteiger partial charge in [-0.15, -0.1) is 0 Å². The Labute approximate surface area is 167 Å². The van der Waals surface area contributed by atoms with Crippen LogP contribution in [0.5, 0.6) is 0 Å². The molecule has 28 heavy (non-hydrogen) atoms. The number of para-hydroxylation sites is 1. The van der Waals surface area contributed by atoms with Crippen molar-refractivity contribution < 1.29 is 9.59 Å². The Morgan fingerprint density at radius 1 is 0.929 bits per heavy atom. The fraction of sp³-hybridized carbons (Fsp3) is 0.417. The SMILES string of the molecule is CC1CCN(C(=O)c2ccc(C(=O)Nc3ccccc3C(C)(C)C)cc2)CC1. The second-order valence-electron chi connectivity index (χ2n) is 8.80. The highest BCUT2D eigenvalue weighted by Crippen LogP contribution is 2.29. The summed E-state index contributed by atoms with van der Waals surface area (Å²) in [5.41, 5.74) is 3.04. The zero-order chi connectivity index (χ0) is 20.3. The van der Waals surface area contributed by atoms with Gasteiger partial charge >= 0.3 is 0 Å². The third-order valence-corrected chi connectivity index (χ3v) is 5.45. The molecule has 4 heteroatoms. The Morgan fingerprint density at radius 3 is 2.11 bits per heavy atom. The molecule has 0 saturated carbocycles. The number of carbonyl (C=O) groups is 2. The number of piperidine rings is 1. The first-order chi connectivity index (χ1) is 13.3. The molecule has 3 rings (SSSR count). The highest BCUT2D eigenvalue weighted by atomic mass is 16.2. The van der Waals surface area contributed by atoms with E-state index in [1.54, 1.807) is 24.3 Å². The zero-order valence-electron chi connectivity index (χ0n) is 17.3. The molecule has 0 aromatic heterocycles. The van der Waals surface area contributed by atoms with Crippen molar-refractivity contribution in [1.82, 2.24) is 4.90 Å². The first-order valence-corrected chi connectivity index (χ1v) is 10.1. The van der Waals surface area contributed by atoms with Crippen LogP contribution >= 0.6 is 0 Å². The minimum atomic E-state index is -0.164. The van der Waals surface area contributed by atoms with Gasteiger partial charge in [-0.1, -0.05) is 45.9 Å². The fourth-order valence-electron chi connectivity index (χ4n) is 3.60. The summed E-state index contributed by atoms with van der Waals surface area (Å²) in [6.07, 6.45) is 2.11. The summed E-state index contributed by atoms with van der Waals surface area (Å²) in [5, 5.41) is 3.02. The number of benzene rings is 2. The van der Waals surface area contributed by atoms with Crippen molar-refractivity contribution >= 4 is 17.5 Å². The van der Waals surface area contributed by atoms with Gasteiger partial charge in [-0.05, 0) is 60.1 Å². The monoisotopic (exact) mass is 378 g/mol. The van der Waals surface area contributed by atoms with Crippen molar-refractivity contribution in [3.05, 3.63) is 65.2 Å². The van der Waals surface area contributed by atoms with Crippen LogP contribution in [0.15, 0.2) is 48.5 Å². The molecule has 1 aliphatic rings. The summed E-state index contributed by atoms with van der Waals surface area (Å²) in [6.45, 7) is 10.2. The Bertz CT molecular complexity index is 842. The smallest absolute Gasteiger partial charge is 0.255 e. The lowest BCUT2D eigenvalue weighted by Crippen LogP contribution is -2.37. The van der Waals surface area contributed by atoms with Crippen molar-refractivity contribution in [2.45, 2.75) is 46.0 Å².